The molecule has 0 heterocycles. The third-order valence-corrected chi connectivity index (χ3v) is 3.35. The summed E-state index contributed by atoms with van der Waals surface area (Å²) in [6.07, 6.45) is 1.71. The number of rotatable bonds is 5. The summed E-state index contributed by atoms with van der Waals surface area (Å²) < 4.78 is 26.4. The number of hydrogen-bond donors (Lipinski definition) is 2. The lowest BCUT2D eigenvalue weighted by atomic mass is 10.1. The topological polar surface area (TPSA) is 55.1 Å². The van der Waals surface area contributed by atoms with E-state index in [9.17, 15) is 13.6 Å². The van der Waals surface area contributed by atoms with E-state index >= 15 is 0 Å². The molecule has 0 radical (unpaired) electrons. The molecule has 3 N–H and O–H groups in total. The average Bonchev–Trinajstić information content (AvgIpc) is 3.16. The summed E-state index contributed by atoms with van der Waals surface area (Å²) in [7, 11) is 0. The van der Waals surface area contributed by atoms with E-state index in [1.807, 2.05) is 0 Å². The van der Waals surface area contributed by atoms with Crippen LogP contribution in [0.15, 0.2) is 18.2 Å². The maximum atomic E-state index is 13.4. The van der Waals surface area contributed by atoms with Gasteiger partial charge in [0.1, 0.15) is 0 Å². The maximum Gasteiger partial charge on any atom is 0.225 e. The standard InChI is InChI=1S/C13H14F2N2OS/c14-9-3-1-2-8(11(9)15)6-10(18)17-12(13(16)19)7-4-5-7/h1-3,7,12H,4-6H2,(H2,16,19)(H,17,18). The van der Waals surface area contributed by atoms with E-state index in [0.717, 1.165) is 18.9 Å². The highest BCUT2D eigenvalue weighted by Crippen LogP contribution is 2.32. The van der Waals surface area contributed by atoms with Crippen molar-refractivity contribution in [2.45, 2.75) is 25.3 Å². The quantitative estimate of drug-likeness (QED) is 0.809. The summed E-state index contributed by atoms with van der Waals surface area (Å²) in [5.74, 6) is -2.08. The normalized spacial score (nSPS) is 15.9. The first kappa shape index (κ1) is 13.9. The Morgan fingerprint density at radius 2 is 2.16 bits per heavy atom. The molecular formula is C13H14F2N2OS. The number of benzene rings is 1. The number of carbonyl (C=O) groups excluding carboxylic acids is 1. The molecule has 0 spiro atoms. The first-order valence-electron chi connectivity index (χ1n) is 6.00. The Kier molecular flexibility index (Phi) is 4.09. The highest BCUT2D eigenvalue weighted by molar-refractivity contribution is 7.80. The smallest absolute Gasteiger partial charge is 0.225 e. The van der Waals surface area contributed by atoms with E-state index in [4.69, 9.17) is 18.0 Å². The summed E-state index contributed by atoms with van der Waals surface area (Å²) >= 11 is 4.89. The lowest BCUT2D eigenvalue weighted by Crippen LogP contribution is -2.45. The zero-order valence-electron chi connectivity index (χ0n) is 10.2. The van der Waals surface area contributed by atoms with Crippen molar-refractivity contribution in [3.8, 4) is 0 Å². The first-order chi connectivity index (χ1) is 8.99. The van der Waals surface area contributed by atoms with Gasteiger partial charge in [0, 0.05) is 5.56 Å². The van der Waals surface area contributed by atoms with Crippen LogP contribution >= 0.6 is 12.2 Å². The number of hydrogen-bond acceptors (Lipinski definition) is 2. The lowest BCUT2D eigenvalue weighted by molar-refractivity contribution is -0.120. The van der Waals surface area contributed by atoms with Crippen LogP contribution in [0.5, 0.6) is 0 Å². The van der Waals surface area contributed by atoms with Gasteiger partial charge in [-0.05, 0) is 24.8 Å². The Hall–Kier alpha value is -1.56. The largest absolute Gasteiger partial charge is 0.392 e. The molecule has 0 saturated heterocycles. The van der Waals surface area contributed by atoms with Gasteiger partial charge >= 0.3 is 0 Å². The molecule has 1 saturated carbocycles. The van der Waals surface area contributed by atoms with Crippen molar-refractivity contribution in [3.05, 3.63) is 35.4 Å². The van der Waals surface area contributed by atoms with E-state index in [2.05, 4.69) is 5.32 Å². The minimum atomic E-state index is -0.990. The number of thiocarbonyl (C=S) groups is 1. The second-order valence-electron chi connectivity index (χ2n) is 4.67. The predicted octanol–water partition coefficient (Wildman–Crippen LogP) is 1.69. The van der Waals surface area contributed by atoms with Crippen LogP contribution in [0.25, 0.3) is 0 Å². The Morgan fingerprint density at radius 3 is 2.74 bits per heavy atom. The highest BCUT2D eigenvalue weighted by Gasteiger charge is 2.34. The van der Waals surface area contributed by atoms with Gasteiger partial charge in [0.2, 0.25) is 5.91 Å². The van der Waals surface area contributed by atoms with Gasteiger partial charge in [-0.25, -0.2) is 8.78 Å². The van der Waals surface area contributed by atoms with Gasteiger partial charge in [-0.2, -0.15) is 0 Å². The molecular weight excluding hydrogens is 270 g/mol. The summed E-state index contributed by atoms with van der Waals surface area (Å²) in [6, 6.07) is 3.41. The van der Waals surface area contributed by atoms with Gasteiger partial charge in [0.15, 0.2) is 11.6 Å². The van der Waals surface area contributed by atoms with Crippen molar-refractivity contribution in [2.24, 2.45) is 11.7 Å². The zero-order valence-corrected chi connectivity index (χ0v) is 11.0. The van der Waals surface area contributed by atoms with Crippen LogP contribution < -0.4 is 11.1 Å². The molecule has 0 aliphatic heterocycles. The second kappa shape index (κ2) is 5.61. The van der Waals surface area contributed by atoms with Crippen molar-refractivity contribution in [1.29, 1.82) is 0 Å². The zero-order chi connectivity index (χ0) is 14.0. The second-order valence-corrected chi connectivity index (χ2v) is 5.15. The van der Waals surface area contributed by atoms with E-state index in [0.29, 0.717) is 0 Å². The van der Waals surface area contributed by atoms with Gasteiger partial charge in [0.05, 0.1) is 17.5 Å². The molecule has 0 aromatic heterocycles. The molecule has 1 aromatic rings. The van der Waals surface area contributed by atoms with Crippen molar-refractivity contribution in [3.63, 3.8) is 0 Å². The van der Waals surface area contributed by atoms with Crippen LogP contribution in [-0.4, -0.2) is 16.9 Å². The Labute approximate surface area is 115 Å². The fraction of sp³-hybridized carbons (Fsp3) is 0.385. The fourth-order valence-corrected chi connectivity index (χ4v) is 2.18. The van der Waals surface area contributed by atoms with E-state index in [1.165, 1.54) is 12.1 Å². The average molecular weight is 284 g/mol. The predicted molar refractivity (Wildman–Crippen MR) is 71.5 cm³/mol. The molecule has 102 valence electrons. The first-order valence-corrected chi connectivity index (χ1v) is 6.41. The van der Waals surface area contributed by atoms with Crippen LogP contribution in [0, 0.1) is 17.6 Å². The number of carbonyl (C=O) groups is 1. The minimum absolute atomic E-state index is 0.0231. The number of nitrogens with two attached hydrogens (primary N) is 1. The van der Waals surface area contributed by atoms with E-state index in [-0.39, 0.29) is 28.9 Å². The summed E-state index contributed by atoms with van der Waals surface area (Å²) in [5.41, 5.74) is 5.58. The lowest BCUT2D eigenvalue weighted by Gasteiger charge is -2.16. The molecule has 1 atom stereocenters. The van der Waals surface area contributed by atoms with Crippen LogP contribution in [-0.2, 0) is 11.2 Å². The van der Waals surface area contributed by atoms with Crippen LogP contribution in [0.4, 0.5) is 8.78 Å². The van der Waals surface area contributed by atoms with Crippen LogP contribution in [0.1, 0.15) is 18.4 Å². The molecule has 1 aliphatic rings. The molecule has 6 heteroatoms. The van der Waals surface area contributed by atoms with Gasteiger partial charge in [-0.3, -0.25) is 4.79 Å². The molecule has 1 amide bonds. The molecule has 3 nitrogen and oxygen atoms in total. The van der Waals surface area contributed by atoms with Crippen molar-refractivity contribution in [1.82, 2.24) is 5.32 Å². The Morgan fingerprint density at radius 1 is 1.47 bits per heavy atom. The van der Waals surface area contributed by atoms with E-state index in [1.54, 1.807) is 0 Å². The molecule has 1 aromatic carbocycles. The maximum absolute atomic E-state index is 13.4. The van der Waals surface area contributed by atoms with Crippen LogP contribution in [0.2, 0.25) is 0 Å². The molecule has 1 aliphatic carbocycles. The molecule has 19 heavy (non-hydrogen) atoms. The Bertz CT molecular complexity index is 517. The monoisotopic (exact) mass is 284 g/mol. The molecule has 1 unspecified atom stereocenters. The number of halogens is 2. The Balaban J connectivity index is 2.00. The molecule has 0 bridgehead atoms. The summed E-state index contributed by atoms with van der Waals surface area (Å²) in [6.45, 7) is 0. The van der Waals surface area contributed by atoms with Gasteiger partial charge < -0.3 is 11.1 Å². The third kappa shape index (κ3) is 3.47. The van der Waals surface area contributed by atoms with Crippen molar-refractivity contribution >= 4 is 23.1 Å². The number of nitrogens with one attached hydrogen (secondary N) is 1. The number of amides is 1. The highest BCUT2D eigenvalue weighted by atomic mass is 32.1. The fourth-order valence-electron chi connectivity index (χ4n) is 1.93. The van der Waals surface area contributed by atoms with Crippen LogP contribution in [0.3, 0.4) is 0 Å². The van der Waals surface area contributed by atoms with Gasteiger partial charge in [0.25, 0.3) is 0 Å². The molecule has 1 fully saturated rings. The summed E-state index contributed by atoms with van der Waals surface area (Å²) in [5, 5.41) is 2.68. The van der Waals surface area contributed by atoms with Gasteiger partial charge in [-0.15, -0.1) is 0 Å². The van der Waals surface area contributed by atoms with Gasteiger partial charge in [-0.1, -0.05) is 24.4 Å². The third-order valence-electron chi connectivity index (χ3n) is 3.10. The molecule has 2 rings (SSSR count). The van der Waals surface area contributed by atoms with Crippen molar-refractivity contribution < 1.29 is 13.6 Å². The summed E-state index contributed by atoms with van der Waals surface area (Å²) in [4.78, 5) is 12.0. The van der Waals surface area contributed by atoms with E-state index < -0.39 is 17.5 Å². The SMILES string of the molecule is NC(=S)C(NC(=O)Cc1cccc(F)c1F)C1CC1. The van der Waals surface area contributed by atoms with Crippen molar-refractivity contribution in [2.75, 3.05) is 0 Å². The minimum Gasteiger partial charge on any atom is -0.392 e.